The zero-order valence-corrected chi connectivity index (χ0v) is 20.1. The van der Waals surface area contributed by atoms with Gasteiger partial charge < -0.3 is 15.2 Å². The fraction of sp³-hybridized carbons (Fsp3) is 0.526. The highest BCUT2D eigenvalue weighted by Gasteiger charge is 2.17. The van der Waals surface area contributed by atoms with Crippen LogP contribution in [-0.4, -0.2) is 38.3 Å². The zero-order valence-electron chi connectivity index (χ0n) is 17.0. The molecule has 0 saturated carbocycles. The first-order valence-corrected chi connectivity index (χ1v) is 10.0. The Morgan fingerprint density at radius 2 is 1.93 bits per heavy atom. The Balaban J connectivity index is 0.00000364. The summed E-state index contributed by atoms with van der Waals surface area (Å²) in [6.45, 7) is 9.81. The monoisotopic (exact) mass is 502 g/mol. The number of aryl methyl sites for hydroxylation is 1. The van der Waals surface area contributed by atoms with E-state index in [-0.39, 0.29) is 34.8 Å². The maximum absolute atomic E-state index is 4.73. The van der Waals surface area contributed by atoms with Crippen molar-refractivity contribution in [3.63, 3.8) is 0 Å². The molecule has 0 saturated heterocycles. The molecule has 2 aromatic rings. The fourth-order valence-electron chi connectivity index (χ4n) is 2.29. The van der Waals surface area contributed by atoms with Crippen molar-refractivity contribution in [1.29, 1.82) is 0 Å². The second kappa shape index (κ2) is 10.9. The molecule has 0 fully saturated rings. The first-order chi connectivity index (χ1) is 12.3. The van der Waals surface area contributed by atoms with Crippen molar-refractivity contribution in [3.05, 3.63) is 47.5 Å². The van der Waals surface area contributed by atoms with Crippen molar-refractivity contribution in [3.8, 4) is 0 Å². The highest BCUT2D eigenvalue weighted by Crippen LogP contribution is 2.19. The van der Waals surface area contributed by atoms with Crippen LogP contribution in [0.2, 0.25) is 0 Å². The number of thioether (sulfide) groups is 1. The lowest BCUT2D eigenvalue weighted by molar-refractivity contribution is 0.634. The molecular weight excluding hydrogens is 471 g/mol. The van der Waals surface area contributed by atoms with E-state index >= 15 is 0 Å². The van der Waals surface area contributed by atoms with Crippen molar-refractivity contribution in [2.75, 3.05) is 12.8 Å². The smallest absolute Gasteiger partial charge is 0.192 e. The standard InChI is InChI=1S/C19H30N6S.HI/c1-14(16-10-8-7-9-11-16)22-18(21-13-19(3,4)26-6)20-12-17-24-23-15(2)25(17)5;/h7-11,14H,12-13H2,1-6H3,(H2,20,21,22);1H. The van der Waals surface area contributed by atoms with Gasteiger partial charge in [-0.2, -0.15) is 11.8 Å². The molecule has 1 aromatic heterocycles. The quantitative estimate of drug-likeness (QED) is 0.344. The van der Waals surface area contributed by atoms with Gasteiger partial charge in [0, 0.05) is 18.3 Å². The summed E-state index contributed by atoms with van der Waals surface area (Å²) < 4.78 is 2.09. The van der Waals surface area contributed by atoms with E-state index < -0.39 is 0 Å². The maximum atomic E-state index is 4.73. The van der Waals surface area contributed by atoms with Gasteiger partial charge in [0.25, 0.3) is 0 Å². The Morgan fingerprint density at radius 1 is 1.26 bits per heavy atom. The number of hydrogen-bond donors (Lipinski definition) is 2. The number of halogens is 1. The lowest BCUT2D eigenvalue weighted by Gasteiger charge is -2.25. The Hall–Kier alpha value is -1.29. The van der Waals surface area contributed by atoms with Crippen LogP contribution in [0.1, 0.15) is 44.0 Å². The van der Waals surface area contributed by atoms with Gasteiger partial charge in [-0.3, -0.25) is 0 Å². The van der Waals surface area contributed by atoms with Crippen LogP contribution in [0.25, 0.3) is 0 Å². The van der Waals surface area contributed by atoms with E-state index in [2.05, 4.69) is 72.1 Å². The average molecular weight is 502 g/mol. The van der Waals surface area contributed by atoms with E-state index in [1.165, 1.54) is 5.56 Å². The zero-order chi connectivity index (χ0) is 19.2. The first kappa shape index (κ1) is 23.7. The highest BCUT2D eigenvalue weighted by molar-refractivity contribution is 14.0. The molecule has 1 unspecified atom stereocenters. The van der Waals surface area contributed by atoms with Crippen LogP contribution in [0, 0.1) is 6.92 Å². The molecule has 1 heterocycles. The van der Waals surface area contributed by atoms with Crippen LogP contribution >= 0.6 is 35.7 Å². The van der Waals surface area contributed by atoms with Gasteiger partial charge in [-0.15, -0.1) is 34.2 Å². The van der Waals surface area contributed by atoms with Crippen LogP contribution in [0.3, 0.4) is 0 Å². The van der Waals surface area contributed by atoms with E-state index in [9.17, 15) is 0 Å². The number of benzene rings is 1. The molecule has 6 nitrogen and oxygen atoms in total. The van der Waals surface area contributed by atoms with Crippen LogP contribution in [-0.2, 0) is 13.6 Å². The van der Waals surface area contributed by atoms with E-state index in [1.807, 2.05) is 36.4 Å². The Morgan fingerprint density at radius 3 is 2.48 bits per heavy atom. The van der Waals surface area contributed by atoms with Crippen molar-refractivity contribution in [1.82, 2.24) is 25.4 Å². The van der Waals surface area contributed by atoms with Crippen LogP contribution < -0.4 is 10.6 Å². The van der Waals surface area contributed by atoms with E-state index in [0.29, 0.717) is 6.54 Å². The molecule has 2 N–H and O–H groups in total. The third-order valence-corrected chi connectivity index (χ3v) is 5.70. The summed E-state index contributed by atoms with van der Waals surface area (Å²) in [5, 5.41) is 15.3. The molecule has 0 aliphatic heterocycles. The molecule has 0 spiro atoms. The summed E-state index contributed by atoms with van der Waals surface area (Å²) in [7, 11) is 1.96. The number of aliphatic imine (C=N–C) groups is 1. The normalized spacial score (nSPS) is 13.0. The van der Waals surface area contributed by atoms with Gasteiger partial charge in [0.15, 0.2) is 11.8 Å². The number of rotatable bonds is 7. The van der Waals surface area contributed by atoms with Crippen molar-refractivity contribution < 1.29 is 0 Å². The third-order valence-electron chi connectivity index (χ3n) is 4.45. The average Bonchev–Trinajstić information content (AvgIpc) is 2.96. The van der Waals surface area contributed by atoms with E-state index in [0.717, 1.165) is 24.2 Å². The summed E-state index contributed by atoms with van der Waals surface area (Å²) in [5.74, 6) is 2.52. The topological polar surface area (TPSA) is 67.1 Å². The van der Waals surface area contributed by atoms with Gasteiger partial charge in [0.05, 0.1) is 6.04 Å². The molecule has 8 heteroatoms. The van der Waals surface area contributed by atoms with Crippen LogP contribution in [0.4, 0.5) is 0 Å². The van der Waals surface area contributed by atoms with Gasteiger partial charge in [-0.05, 0) is 39.5 Å². The second-order valence-corrected chi connectivity index (χ2v) is 8.49. The Bertz CT molecular complexity index is 729. The van der Waals surface area contributed by atoms with E-state index in [4.69, 9.17) is 4.99 Å². The van der Waals surface area contributed by atoms with Crippen LogP contribution in [0.15, 0.2) is 35.3 Å². The molecule has 2 rings (SSSR count). The van der Waals surface area contributed by atoms with Gasteiger partial charge in [0.1, 0.15) is 12.4 Å². The van der Waals surface area contributed by atoms with Gasteiger partial charge in [-0.25, -0.2) is 4.99 Å². The van der Waals surface area contributed by atoms with Gasteiger partial charge in [0.2, 0.25) is 0 Å². The lowest BCUT2D eigenvalue weighted by Crippen LogP contribution is -2.44. The van der Waals surface area contributed by atoms with Gasteiger partial charge in [-0.1, -0.05) is 30.3 Å². The number of guanidine groups is 1. The van der Waals surface area contributed by atoms with Crippen molar-refractivity contribution >= 4 is 41.7 Å². The molecule has 0 aliphatic carbocycles. The SMILES string of the molecule is CSC(C)(C)CNC(=NCc1nnc(C)n1C)NC(C)c1ccccc1.I. The molecule has 0 radical (unpaired) electrons. The summed E-state index contributed by atoms with van der Waals surface area (Å²) in [5.41, 5.74) is 1.22. The largest absolute Gasteiger partial charge is 0.355 e. The van der Waals surface area contributed by atoms with Gasteiger partial charge >= 0.3 is 0 Å². The molecule has 1 atom stereocenters. The summed E-state index contributed by atoms with van der Waals surface area (Å²) in [6.07, 6.45) is 2.13. The molecule has 0 bridgehead atoms. The Labute approximate surface area is 184 Å². The van der Waals surface area contributed by atoms with E-state index in [1.54, 1.807) is 0 Å². The van der Waals surface area contributed by atoms with Crippen molar-refractivity contribution in [2.24, 2.45) is 12.0 Å². The molecule has 0 aliphatic rings. The minimum Gasteiger partial charge on any atom is -0.355 e. The number of hydrogen-bond acceptors (Lipinski definition) is 4. The maximum Gasteiger partial charge on any atom is 0.192 e. The predicted molar refractivity (Wildman–Crippen MR) is 126 cm³/mol. The molecule has 27 heavy (non-hydrogen) atoms. The minimum absolute atomic E-state index is 0. The number of nitrogens with one attached hydrogen (secondary N) is 2. The second-order valence-electron chi connectivity index (χ2n) is 6.98. The molecular formula is C19H31IN6S. The molecule has 0 amide bonds. The highest BCUT2D eigenvalue weighted by atomic mass is 127. The van der Waals surface area contributed by atoms with Crippen molar-refractivity contribution in [2.45, 2.75) is 45.0 Å². The summed E-state index contributed by atoms with van der Waals surface area (Å²) in [4.78, 5) is 4.73. The first-order valence-electron chi connectivity index (χ1n) is 8.82. The minimum atomic E-state index is 0. The third kappa shape index (κ3) is 7.33. The predicted octanol–water partition coefficient (Wildman–Crippen LogP) is 3.68. The molecule has 1 aromatic carbocycles. The summed E-state index contributed by atoms with van der Waals surface area (Å²) in [6, 6.07) is 10.5. The fourth-order valence-corrected chi connectivity index (χ4v) is 2.51. The number of nitrogens with zero attached hydrogens (tertiary/aromatic N) is 4. The van der Waals surface area contributed by atoms with Crippen LogP contribution in [0.5, 0.6) is 0 Å². The number of aromatic nitrogens is 3. The molecule has 150 valence electrons. The summed E-state index contributed by atoms with van der Waals surface area (Å²) >= 11 is 1.83. The Kier molecular flexibility index (Phi) is 9.58. The lowest BCUT2D eigenvalue weighted by atomic mass is 10.1.